The van der Waals surface area contributed by atoms with Crippen LogP contribution in [0.5, 0.6) is 0 Å². The summed E-state index contributed by atoms with van der Waals surface area (Å²) in [5.41, 5.74) is 8.29. The SMILES string of the molecule is [2H]c1c([2H])c([2H])c(-c2c([2H])c([2H])c(N(c3ccc4c(c3)C(C)(C)CCC4(C)C)c3ccc4c(c3)C3(c5ccccc5-4)C4CC5CC(C4)CC3C5)c([2H])c2[2H])c([2H])c1[2H]. The van der Waals surface area contributed by atoms with Crippen molar-refractivity contribution in [1.82, 2.24) is 0 Å². The van der Waals surface area contributed by atoms with Gasteiger partial charge in [0.25, 0.3) is 0 Å². The van der Waals surface area contributed by atoms with Crippen molar-refractivity contribution in [2.75, 3.05) is 4.90 Å². The Balaban J connectivity index is 1.24. The minimum absolute atomic E-state index is 0.0468. The Labute approximate surface area is 306 Å². The van der Waals surface area contributed by atoms with Gasteiger partial charge in [0.05, 0.1) is 12.3 Å². The fraction of sp³-hybridized carbons (Fsp3) is 0.375. The van der Waals surface area contributed by atoms with Crippen LogP contribution in [0.15, 0.2) is 115 Å². The lowest BCUT2D eigenvalue weighted by atomic mass is 9.43. The third-order valence-corrected chi connectivity index (χ3v) is 13.5. The summed E-state index contributed by atoms with van der Waals surface area (Å²) < 4.78 is 80.3. The average Bonchev–Trinajstić information content (AvgIpc) is 3.49. The molecule has 11 rings (SSSR count). The molecule has 0 heterocycles. The number of fused-ring (bicyclic) bond motifs is 4. The Bertz CT molecular complexity index is 2520. The van der Waals surface area contributed by atoms with E-state index in [-0.39, 0.29) is 45.1 Å². The highest BCUT2D eigenvalue weighted by Crippen LogP contribution is 2.69. The van der Waals surface area contributed by atoms with E-state index >= 15 is 0 Å². The van der Waals surface area contributed by atoms with Crippen molar-refractivity contribution < 1.29 is 12.3 Å². The maximum absolute atomic E-state index is 9.66. The molecule has 0 aromatic heterocycles. The van der Waals surface area contributed by atoms with Crippen LogP contribution in [0.25, 0.3) is 22.3 Å². The van der Waals surface area contributed by atoms with E-state index in [1.54, 1.807) is 0 Å². The summed E-state index contributed by atoms with van der Waals surface area (Å²) in [5, 5.41) is 0. The molecule has 49 heavy (non-hydrogen) atoms. The predicted octanol–water partition coefficient (Wildman–Crippen LogP) is 12.9. The average molecular weight is 649 g/mol. The molecule has 0 amide bonds. The number of rotatable bonds is 4. The summed E-state index contributed by atoms with van der Waals surface area (Å²) in [4.78, 5) is 1.90. The highest BCUT2D eigenvalue weighted by Gasteiger charge is 2.61. The molecule has 5 aromatic rings. The van der Waals surface area contributed by atoms with Crippen LogP contribution in [-0.4, -0.2) is 0 Å². The summed E-state index contributed by atoms with van der Waals surface area (Å²) in [6.07, 6.45) is 8.28. The Morgan fingerprint density at radius 2 is 1.10 bits per heavy atom. The molecule has 1 spiro atoms. The van der Waals surface area contributed by atoms with Crippen LogP contribution in [0.1, 0.15) is 107 Å². The standard InChI is InChI=1S/C48H49N/c1-46(2)22-23-47(3,4)45-30-39(19-21-43(45)46)49(37-16-14-34(15-17-37)33-10-6-5-7-11-33)38-18-20-41-40-12-8-9-13-42(40)48(44(41)29-38)35-25-31-24-32(27-35)28-36(48)26-31/h5-21,29-32,35-36H,22-28H2,1-4H3/i5D,6D,7D,10D,11D,14D,15D,16D,17D. The van der Waals surface area contributed by atoms with Crippen molar-refractivity contribution in [3.8, 4) is 22.3 Å². The number of nitrogens with zero attached hydrogens (tertiary/aromatic N) is 1. The van der Waals surface area contributed by atoms with Gasteiger partial charge in [0.15, 0.2) is 0 Å². The Morgan fingerprint density at radius 1 is 0.531 bits per heavy atom. The van der Waals surface area contributed by atoms with Crippen molar-refractivity contribution in [2.24, 2.45) is 23.7 Å². The lowest BCUT2D eigenvalue weighted by Gasteiger charge is -2.61. The molecular weight excluding hydrogens is 591 g/mol. The largest absolute Gasteiger partial charge is 0.310 e. The van der Waals surface area contributed by atoms with Crippen molar-refractivity contribution in [2.45, 2.75) is 88.9 Å². The van der Waals surface area contributed by atoms with E-state index in [1.807, 2.05) is 4.90 Å². The van der Waals surface area contributed by atoms with E-state index in [2.05, 4.69) is 88.4 Å². The zero-order chi connectivity index (χ0) is 41.0. The Hall–Kier alpha value is -4.10. The maximum atomic E-state index is 9.66. The molecule has 6 aliphatic rings. The zero-order valence-corrected chi connectivity index (χ0v) is 29.0. The number of hydrogen-bond acceptors (Lipinski definition) is 1. The minimum Gasteiger partial charge on any atom is -0.310 e. The van der Waals surface area contributed by atoms with Crippen LogP contribution < -0.4 is 4.90 Å². The molecule has 4 bridgehead atoms. The van der Waals surface area contributed by atoms with E-state index in [0.29, 0.717) is 11.8 Å². The quantitative estimate of drug-likeness (QED) is 0.187. The second kappa shape index (κ2) is 10.5. The fourth-order valence-corrected chi connectivity index (χ4v) is 11.3. The summed E-state index contributed by atoms with van der Waals surface area (Å²) >= 11 is 0. The molecule has 0 aliphatic heterocycles. The van der Waals surface area contributed by atoms with Gasteiger partial charge in [-0.25, -0.2) is 0 Å². The minimum atomic E-state index is -0.587. The molecule has 0 radical (unpaired) electrons. The van der Waals surface area contributed by atoms with Crippen molar-refractivity contribution >= 4 is 17.1 Å². The van der Waals surface area contributed by atoms with Crippen molar-refractivity contribution in [3.63, 3.8) is 0 Å². The van der Waals surface area contributed by atoms with Gasteiger partial charge in [-0.15, -0.1) is 0 Å². The third-order valence-electron chi connectivity index (χ3n) is 13.5. The van der Waals surface area contributed by atoms with Crippen LogP contribution in [0.2, 0.25) is 0 Å². The Morgan fingerprint density at radius 3 is 1.80 bits per heavy atom. The van der Waals surface area contributed by atoms with Gasteiger partial charge in [-0.1, -0.05) is 106 Å². The second-order valence-corrected chi connectivity index (χ2v) is 17.0. The zero-order valence-electron chi connectivity index (χ0n) is 38.0. The van der Waals surface area contributed by atoms with Crippen LogP contribution >= 0.6 is 0 Å². The molecule has 4 saturated carbocycles. The Kier molecular flexibility index (Phi) is 4.67. The first kappa shape index (κ1) is 21.9. The van der Waals surface area contributed by atoms with Gasteiger partial charge in [-0.3, -0.25) is 0 Å². The monoisotopic (exact) mass is 648 g/mol. The van der Waals surface area contributed by atoms with Crippen molar-refractivity contribution in [3.05, 3.63) is 137 Å². The molecule has 6 aliphatic carbocycles. The maximum Gasteiger partial charge on any atom is 0.0645 e. The summed E-state index contributed by atoms with van der Waals surface area (Å²) in [6.45, 7) is 9.09. The fourth-order valence-electron chi connectivity index (χ4n) is 11.3. The third kappa shape index (κ3) is 4.30. The van der Waals surface area contributed by atoms with Gasteiger partial charge in [-0.05, 0) is 160 Å². The van der Waals surface area contributed by atoms with Crippen molar-refractivity contribution in [1.29, 1.82) is 0 Å². The number of anilines is 3. The molecular formula is C48H49N. The first-order valence-electron chi connectivity index (χ1n) is 22.8. The van der Waals surface area contributed by atoms with E-state index < -0.39 is 42.3 Å². The number of hydrogen-bond donors (Lipinski definition) is 0. The molecule has 0 unspecified atom stereocenters. The van der Waals surface area contributed by atoms with Crippen LogP contribution in [-0.2, 0) is 16.2 Å². The number of benzene rings is 5. The van der Waals surface area contributed by atoms with Crippen LogP contribution in [0.3, 0.4) is 0 Å². The smallest absolute Gasteiger partial charge is 0.0645 e. The lowest BCUT2D eigenvalue weighted by Crippen LogP contribution is -2.55. The highest BCUT2D eigenvalue weighted by molar-refractivity contribution is 5.87. The first-order valence-corrected chi connectivity index (χ1v) is 18.3. The topological polar surface area (TPSA) is 3.24 Å². The van der Waals surface area contributed by atoms with Gasteiger partial charge in [0, 0.05) is 22.5 Å². The first-order chi connectivity index (χ1) is 27.5. The molecule has 246 valence electrons. The lowest BCUT2D eigenvalue weighted by molar-refractivity contribution is -0.0399. The molecule has 5 aromatic carbocycles. The van der Waals surface area contributed by atoms with Gasteiger partial charge in [0.1, 0.15) is 0 Å². The van der Waals surface area contributed by atoms with Gasteiger partial charge in [0.2, 0.25) is 0 Å². The van der Waals surface area contributed by atoms with E-state index in [9.17, 15) is 5.48 Å². The second-order valence-electron chi connectivity index (χ2n) is 17.0. The van der Waals surface area contributed by atoms with E-state index in [1.165, 1.54) is 65.5 Å². The normalized spacial score (nSPS) is 30.4. The highest BCUT2D eigenvalue weighted by atomic mass is 15.1. The van der Waals surface area contributed by atoms with E-state index in [4.69, 9.17) is 6.85 Å². The molecule has 0 saturated heterocycles. The summed E-state index contributed by atoms with van der Waals surface area (Å²) in [6, 6.07) is 17.5. The molecule has 0 atom stereocenters. The van der Waals surface area contributed by atoms with Crippen LogP contribution in [0.4, 0.5) is 17.1 Å². The molecule has 0 N–H and O–H groups in total. The molecule has 1 heteroatoms. The summed E-state index contributed by atoms with van der Waals surface area (Å²) in [7, 11) is 0. The predicted molar refractivity (Wildman–Crippen MR) is 205 cm³/mol. The van der Waals surface area contributed by atoms with Gasteiger partial charge >= 0.3 is 0 Å². The van der Waals surface area contributed by atoms with Gasteiger partial charge < -0.3 is 4.90 Å². The van der Waals surface area contributed by atoms with Crippen LogP contribution in [0, 0.1) is 23.7 Å². The van der Waals surface area contributed by atoms with Gasteiger partial charge in [-0.2, -0.15) is 0 Å². The molecule has 1 nitrogen and oxygen atoms in total. The van der Waals surface area contributed by atoms with E-state index in [0.717, 1.165) is 36.1 Å². The molecule has 4 fully saturated rings. The summed E-state index contributed by atoms with van der Waals surface area (Å²) in [5.74, 6) is 2.60.